The number of hydrogen-bond acceptors (Lipinski definition) is 5. The van der Waals surface area contributed by atoms with Crippen LogP contribution < -0.4 is 14.8 Å². The third kappa shape index (κ3) is 4.41. The van der Waals surface area contributed by atoms with Crippen molar-refractivity contribution in [1.29, 1.82) is 0 Å². The highest BCUT2D eigenvalue weighted by Gasteiger charge is 2.12. The van der Waals surface area contributed by atoms with Crippen LogP contribution in [0.25, 0.3) is 11.0 Å². The lowest BCUT2D eigenvalue weighted by Gasteiger charge is -2.12. The molecule has 2 aromatic heterocycles. The number of amides is 1. The van der Waals surface area contributed by atoms with Crippen LogP contribution in [0.1, 0.15) is 16.2 Å². The molecule has 0 saturated carbocycles. The third-order valence-electron chi connectivity index (χ3n) is 4.71. The largest absolute Gasteiger partial charge is 0.497 e. The Balaban J connectivity index is 1.46. The second-order valence-electron chi connectivity index (χ2n) is 6.62. The summed E-state index contributed by atoms with van der Waals surface area (Å²) in [5.74, 6) is 2.14. The number of nitrogens with zero attached hydrogens (tertiary/aromatic N) is 3. The molecule has 4 rings (SSSR count). The van der Waals surface area contributed by atoms with Crippen LogP contribution in [0.5, 0.6) is 11.5 Å². The van der Waals surface area contributed by atoms with E-state index in [0.717, 1.165) is 28.4 Å². The molecule has 0 aliphatic carbocycles. The van der Waals surface area contributed by atoms with Crippen molar-refractivity contribution in [3.63, 3.8) is 0 Å². The van der Waals surface area contributed by atoms with E-state index in [0.29, 0.717) is 25.3 Å². The Morgan fingerprint density at radius 2 is 1.83 bits per heavy atom. The van der Waals surface area contributed by atoms with Gasteiger partial charge in [-0.15, -0.1) is 0 Å². The number of carbonyl (C=O) groups is 1. The van der Waals surface area contributed by atoms with Crippen molar-refractivity contribution < 1.29 is 14.3 Å². The number of methoxy groups -OCH3 is 1. The Morgan fingerprint density at radius 1 is 1.03 bits per heavy atom. The van der Waals surface area contributed by atoms with Crippen LogP contribution in [0.15, 0.2) is 73.1 Å². The number of rotatable bonds is 8. The maximum absolute atomic E-state index is 12.4. The molecule has 0 fully saturated rings. The first-order valence-electron chi connectivity index (χ1n) is 9.64. The van der Waals surface area contributed by atoms with Crippen LogP contribution in [0.4, 0.5) is 0 Å². The second kappa shape index (κ2) is 9.09. The summed E-state index contributed by atoms with van der Waals surface area (Å²) in [5, 5.41) is 2.92. The minimum Gasteiger partial charge on any atom is -0.497 e. The van der Waals surface area contributed by atoms with E-state index in [9.17, 15) is 4.79 Å². The molecule has 0 atom stereocenters. The van der Waals surface area contributed by atoms with E-state index in [4.69, 9.17) is 9.47 Å². The molecule has 7 nitrogen and oxygen atoms in total. The first kappa shape index (κ1) is 19.4. The predicted octanol–water partition coefficient (Wildman–Crippen LogP) is 3.45. The van der Waals surface area contributed by atoms with Crippen LogP contribution >= 0.6 is 0 Å². The standard InChI is InChI=1S/C23H22N4O3/c1-29-18-8-10-19(11-9-18)30-14-13-27-21-7-3-2-6-20(21)26-22(27)16-25-23(28)17-5-4-12-24-15-17/h2-12,15H,13-14,16H2,1H3,(H,25,28). The Bertz CT molecular complexity index is 1120. The van der Waals surface area contributed by atoms with E-state index < -0.39 is 0 Å². The smallest absolute Gasteiger partial charge is 0.253 e. The van der Waals surface area contributed by atoms with Gasteiger partial charge >= 0.3 is 0 Å². The highest BCUT2D eigenvalue weighted by molar-refractivity contribution is 5.93. The Morgan fingerprint density at radius 3 is 2.60 bits per heavy atom. The van der Waals surface area contributed by atoms with Gasteiger partial charge in [0.2, 0.25) is 0 Å². The quantitative estimate of drug-likeness (QED) is 0.488. The number of carbonyl (C=O) groups excluding carboxylic acids is 1. The van der Waals surface area contributed by atoms with Gasteiger partial charge in [0, 0.05) is 12.4 Å². The number of para-hydroxylation sites is 2. The first-order valence-corrected chi connectivity index (χ1v) is 9.64. The van der Waals surface area contributed by atoms with Gasteiger partial charge in [-0.25, -0.2) is 4.98 Å². The van der Waals surface area contributed by atoms with E-state index in [2.05, 4.69) is 19.9 Å². The van der Waals surface area contributed by atoms with Gasteiger partial charge in [-0.3, -0.25) is 9.78 Å². The van der Waals surface area contributed by atoms with Gasteiger partial charge in [-0.2, -0.15) is 0 Å². The van der Waals surface area contributed by atoms with Gasteiger partial charge in [-0.1, -0.05) is 12.1 Å². The van der Waals surface area contributed by atoms with Crippen LogP contribution in [0, 0.1) is 0 Å². The van der Waals surface area contributed by atoms with Gasteiger partial charge in [-0.05, 0) is 48.5 Å². The maximum Gasteiger partial charge on any atom is 0.253 e. The number of pyridine rings is 1. The van der Waals surface area contributed by atoms with Crippen LogP contribution in [-0.2, 0) is 13.1 Å². The molecule has 1 amide bonds. The minimum absolute atomic E-state index is 0.184. The molecule has 4 aromatic rings. The average Bonchev–Trinajstić information content (AvgIpc) is 3.16. The van der Waals surface area contributed by atoms with Crippen molar-refractivity contribution in [3.05, 3.63) is 84.4 Å². The molecule has 0 unspecified atom stereocenters. The summed E-state index contributed by atoms with van der Waals surface area (Å²) < 4.78 is 13.1. The zero-order chi connectivity index (χ0) is 20.8. The Kier molecular flexibility index (Phi) is 5.89. The zero-order valence-corrected chi connectivity index (χ0v) is 16.6. The van der Waals surface area contributed by atoms with Crippen molar-refractivity contribution in [2.45, 2.75) is 13.1 Å². The van der Waals surface area contributed by atoms with E-state index >= 15 is 0 Å². The number of imidazole rings is 1. The molecule has 0 spiro atoms. The van der Waals surface area contributed by atoms with E-state index in [1.807, 2.05) is 48.5 Å². The number of nitrogens with one attached hydrogen (secondary N) is 1. The summed E-state index contributed by atoms with van der Waals surface area (Å²) in [6.07, 6.45) is 3.18. The van der Waals surface area contributed by atoms with Crippen LogP contribution in [0.2, 0.25) is 0 Å². The molecular formula is C23H22N4O3. The van der Waals surface area contributed by atoms with Gasteiger partial charge in [0.05, 0.1) is 36.8 Å². The highest BCUT2D eigenvalue weighted by Crippen LogP contribution is 2.19. The van der Waals surface area contributed by atoms with Gasteiger partial charge in [0.1, 0.15) is 23.9 Å². The van der Waals surface area contributed by atoms with E-state index in [1.54, 1.807) is 31.6 Å². The fourth-order valence-electron chi connectivity index (χ4n) is 3.20. The lowest BCUT2D eigenvalue weighted by molar-refractivity contribution is 0.0949. The summed E-state index contributed by atoms with van der Waals surface area (Å²) in [6.45, 7) is 1.38. The fourth-order valence-corrected chi connectivity index (χ4v) is 3.20. The SMILES string of the molecule is COc1ccc(OCCn2c(CNC(=O)c3cccnc3)nc3ccccc32)cc1. The lowest BCUT2D eigenvalue weighted by Crippen LogP contribution is -2.25. The number of aromatic nitrogens is 3. The number of hydrogen-bond donors (Lipinski definition) is 1. The molecule has 2 heterocycles. The molecule has 0 aliphatic heterocycles. The van der Waals surface area contributed by atoms with Crippen molar-refractivity contribution in [3.8, 4) is 11.5 Å². The molecule has 0 aliphatic rings. The molecule has 152 valence electrons. The maximum atomic E-state index is 12.4. The Hall–Kier alpha value is -3.87. The first-order chi connectivity index (χ1) is 14.7. The monoisotopic (exact) mass is 402 g/mol. The summed E-state index contributed by atoms with van der Waals surface area (Å²) in [5.41, 5.74) is 2.40. The summed E-state index contributed by atoms with van der Waals surface area (Å²) in [7, 11) is 1.63. The number of fused-ring (bicyclic) bond motifs is 1. The van der Waals surface area contributed by atoms with Crippen molar-refractivity contribution in [2.75, 3.05) is 13.7 Å². The molecular weight excluding hydrogens is 380 g/mol. The number of benzene rings is 2. The van der Waals surface area contributed by atoms with Crippen molar-refractivity contribution in [2.24, 2.45) is 0 Å². The molecule has 0 bridgehead atoms. The van der Waals surface area contributed by atoms with E-state index in [-0.39, 0.29) is 5.91 Å². The van der Waals surface area contributed by atoms with Crippen molar-refractivity contribution in [1.82, 2.24) is 19.9 Å². The summed E-state index contributed by atoms with van der Waals surface area (Å²) in [4.78, 5) is 21.0. The highest BCUT2D eigenvalue weighted by atomic mass is 16.5. The molecule has 0 radical (unpaired) electrons. The third-order valence-corrected chi connectivity index (χ3v) is 4.71. The lowest BCUT2D eigenvalue weighted by atomic mass is 10.3. The van der Waals surface area contributed by atoms with Gasteiger partial charge < -0.3 is 19.4 Å². The van der Waals surface area contributed by atoms with Gasteiger partial charge in [0.25, 0.3) is 5.91 Å². The number of ether oxygens (including phenoxy) is 2. The molecule has 0 saturated heterocycles. The van der Waals surface area contributed by atoms with E-state index in [1.165, 1.54) is 0 Å². The normalized spacial score (nSPS) is 10.7. The fraction of sp³-hybridized carbons (Fsp3) is 0.174. The summed E-state index contributed by atoms with van der Waals surface area (Å²) >= 11 is 0. The van der Waals surface area contributed by atoms with Crippen molar-refractivity contribution >= 4 is 16.9 Å². The molecule has 2 aromatic carbocycles. The predicted molar refractivity (Wildman–Crippen MR) is 114 cm³/mol. The topological polar surface area (TPSA) is 78.3 Å². The second-order valence-corrected chi connectivity index (χ2v) is 6.62. The van der Waals surface area contributed by atoms with Crippen LogP contribution in [0.3, 0.4) is 0 Å². The van der Waals surface area contributed by atoms with Crippen LogP contribution in [-0.4, -0.2) is 34.2 Å². The van der Waals surface area contributed by atoms with Gasteiger partial charge in [0.15, 0.2) is 0 Å². The molecule has 7 heteroatoms. The zero-order valence-electron chi connectivity index (χ0n) is 16.6. The average molecular weight is 402 g/mol. The molecule has 1 N–H and O–H groups in total. The Labute approximate surface area is 174 Å². The molecule has 30 heavy (non-hydrogen) atoms. The summed E-state index contributed by atoms with van der Waals surface area (Å²) in [6, 6.07) is 18.8. The minimum atomic E-state index is -0.184.